The van der Waals surface area contributed by atoms with E-state index in [1.54, 1.807) is 23.0 Å². The minimum Gasteiger partial charge on any atom is -0.344 e. The highest BCUT2D eigenvalue weighted by atomic mass is 79.9. The Hall–Kier alpha value is -1.88. The molecule has 1 aromatic carbocycles. The number of hydrogen-bond donors (Lipinski definition) is 1. The molecule has 0 aliphatic heterocycles. The van der Waals surface area contributed by atoms with E-state index in [1.165, 1.54) is 0 Å². The summed E-state index contributed by atoms with van der Waals surface area (Å²) in [5.41, 5.74) is 1.38. The van der Waals surface area contributed by atoms with Crippen LogP contribution in [0.15, 0.2) is 47.2 Å². The molecule has 1 amide bonds. The third-order valence-corrected chi connectivity index (χ3v) is 3.49. The van der Waals surface area contributed by atoms with Crippen LogP contribution in [0.25, 0.3) is 0 Å². The Bertz CT molecular complexity index is 662. The second-order valence-electron chi connectivity index (χ2n) is 5.15. The van der Waals surface area contributed by atoms with Crippen molar-refractivity contribution in [3.05, 3.63) is 52.8 Å². The minimum atomic E-state index is -0.132. The number of nitrogens with one attached hydrogen (secondary N) is 1. The van der Waals surface area contributed by atoms with Gasteiger partial charge in [-0.15, -0.1) is 0 Å². The molecule has 2 rings (SSSR count). The van der Waals surface area contributed by atoms with Crippen LogP contribution in [0.5, 0.6) is 0 Å². The lowest BCUT2D eigenvalue weighted by Gasteiger charge is -2.06. The topological polar surface area (TPSA) is 51.1 Å². The van der Waals surface area contributed by atoms with Gasteiger partial charge in [-0.05, 0) is 24.3 Å². The number of anilines is 1. The van der Waals surface area contributed by atoms with E-state index >= 15 is 0 Å². The second kappa shape index (κ2) is 6.72. The Morgan fingerprint density at radius 1 is 1.29 bits per heavy atom. The van der Waals surface area contributed by atoms with Crippen LogP contribution in [0.2, 0.25) is 0 Å². The maximum absolute atomic E-state index is 12.0. The highest BCUT2D eigenvalue weighted by Gasteiger charge is 2.12. The fraction of sp³-hybridized carbons (Fsp3) is 0.250. The van der Waals surface area contributed by atoms with Crippen molar-refractivity contribution in [2.24, 2.45) is 5.92 Å². The van der Waals surface area contributed by atoms with Gasteiger partial charge in [0.15, 0.2) is 5.78 Å². The highest BCUT2D eigenvalue weighted by Crippen LogP contribution is 2.15. The van der Waals surface area contributed by atoms with Gasteiger partial charge in [0.2, 0.25) is 5.91 Å². The molecule has 1 N–H and O–H groups in total. The minimum absolute atomic E-state index is 0.0451. The number of halogens is 1. The molecule has 0 unspecified atom stereocenters. The zero-order valence-corrected chi connectivity index (χ0v) is 13.6. The van der Waals surface area contributed by atoms with E-state index in [0.717, 1.165) is 10.2 Å². The Balaban J connectivity index is 1.99. The molecule has 4 nitrogen and oxygen atoms in total. The van der Waals surface area contributed by atoms with Gasteiger partial charge in [-0.3, -0.25) is 9.59 Å². The summed E-state index contributed by atoms with van der Waals surface area (Å²) in [7, 11) is 0. The van der Waals surface area contributed by atoms with Crippen LogP contribution in [0.3, 0.4) is 0 Å². The number of rotatable bonds is 5. The summed E-state index contributed by atoms with van der Waals surface area (Å²) >= 11 is 3.36. The van der Waals surface area contributed by atoms with Crippen LogP contribution in [0.4, 0.5) is 5.69 Å². The van der Waals surface area contributed by atoms with Crippen LogP contribution >= 0.6 is 15.9 Å². The molecule has 0 saturated heterocycles. The monoisotopic (exact) mass is 348 g/mol. The van der Waals surface area contributed by atoms with Crippen molar-refractivity contribution >= 4 is 33.3 Å². The van der Waals surface area contributed by atoms with Crippen molar-refractivity contribution in [1.82, 2.24) is 4.57 Å². The fourth-order valence-electron chi connectivity index (χ4n) is 1.95. The summed E-state index contributed by atoms with van der Waals surface area (Å²) in [5.74, 6) is -0.0928. The quantitative estimate of drug-likeness (QED) is 0.837. The Morgan fingerprint density at radius 3 is 2.71 bits per heavy atom. The van der Waals surface area contributed by atoms with Gasteiger partial charge in [-0.1, -0.05) is 35.8 Å². The first-order valence-corrected chi connectivity index (χ1v) is 7.50. The zero-order chi connectivity index (χ0) is 15.4. The maximum atomic E-state index is 12.0. The number of benzene rings is 1. The predicted molar refractivity (Wildman–Crippen MR) is 86.4 cm³/mol. The molecule has 1 aromatic heterocycles. The van der Waals surface area contributed by atoms with Crippen LogP contribution in [-0.2, 0) is 11.3 Å². The van der Waals surface area contributed by atoms with Crippen molar-refractivity contribution < 1.29 is 9.59 Å². The molecule has 1 heterocycles. The predicted octanol–water partition coefficient (Wildman–Crippen LogP) is 3.73. The molecule has 21 heavy (non-hydrogen) atoms. The number of aromatic nitrogens is 1. The molecule has 0 bridgehead atoms. The maximum Gasteiger partial charge on any atom is 0.244 e. The van der Waals surface area contributed by atoms with E-state index in [9.17, 15) is 9.59 Å². The average molecular weight is 349 g/mol. The number of carbonyl (C=O) groups excluding carboxylic acids is 2. The zero-order valence-electron chi connectivity index (χ0n) is 12.0. The van der Waals surface area contributed by atoms with E-state index < -0.39 is 0 Å². The Morgan fingerprint density at radius 2 is 2.05 bits per heavy atom. The largest absolute Gasteiger partial charge is 0.344 e. The molecule has 0 aliphatic rings. The number of Topliss-reactive ketones (excluding diaryl/α,β-unsaturated/α-hetero) is 1. The van der Waals surface area contributed by atoms with Crippen LogP contribution in [0.1, 0.15) is 24.2 Å². The Kier molecular flexibility index (Phi) is 4.96. The highest BCUT2D eigenvalue weighted by molar-refractivity contribution is 9.10. The molecule has 0 atom stereocenters. The van der Waals surface area contributed by atoms with Gasteiger partial charge in [0.05, 0.1) is 0 Å². The van der Waals surface area contributed by atoms with Crippen molar-refractivity contribution in [2.45, 2.75) is 20.4 Å². The van der Waals surface area contributed by atoms with Gasteiger partial charge in [-0.2, -0.15) is 0 Å². The van der Waals surface area contributed by atoms with E-state index in [-0.39, 0.29) is 24.2 Å². The molecule has 2 aromatic rings. The van der Waals surface area contributed by atoms with Crippen LogP contribution < -0.4 is 5.32 Å². The molecule has 0 fully saturated rings. The summed E-state index contributed by atoms with van der Waals surface area (Å²) in [5, 5.41) is 2.82. The number of carbonyl (C=O) groups is 2. The summed E-state index contributed by atoms with van der Waals surface area (Å²) in [6, 6.07) is 9.15. The van der Waals surface area contributed by atoms with Gasteiger partial charge in [0, 0.05) is 34.0 Å². The fourth-order valence-corrected chi connectivity index (χ4v) is 2.35. The molecule has 0 spiro atoms. The van der Waals surface area contributed by atoms with Gasteiger partial charge < -0.3 is 9.88 Å². The molecule has 5 heteroatoms. The first kappa shape index (κ1) is 15.5. The number of hydrogen-bond acceptors (Lipinski definition) is 2. The van der Waals surface area contributed by atoms with Gasteiger partial charge in [-0.25, -0.2) is 0 Å². The first-order valence-electron chi connectivity index (χ1n) is 6.71. The van der Waals surface area contributed by atoms with Crippen molar-refractivity contribution in [3.63, 3.8) is 0 Å². The number of amides is 1. The standard InChI is InChI=1S/C16H17BrN2O2/c1-11(2)16(21)12-6-7-19(9-12)10-15(20)18-14-5-3-4-13(17)8-14/h3-9,11H,10H2,1-2H3,(H,18,20). The summed E-state index contributed by atoms with van der Waals surface area (Å²) in [4.78, 5) is 23.8. The second-order valence-corrected chi connectivity index (χ2v) is 6.07. The average Bonchev–Trinajstić information content (AvgIpc) is 2.85. The van der Waals surface area contributed by atoms with E-state index in [0.29, 0.717) is 5.56 Å². The lowest BCUT2D eigenvalue weighted by molar-refractivity contribution is -0.116. The van der Waals surface area contributed by atoms with Gasteiger partial charge in [0.1, 0.15) is 6.54 Å². The summed E-state index contributed by atoms with van der Waals surface area (Å²) < 4.78 is 2.62. The molecule has 0 saturated carbocycles. The Labute approximate surface area is 132 Å². The molecule has 110 valence electrons. The number of nitrogens with zero attached hydrogens (tertiary/aromatic N) is 1. The van der Waals surface area contributed by atoms with Gasteiger partial charge >= 0.3 is 0 Å². The van der Waals surface area contributed by atoms with E-state index in [1.807, 2.05) is 38.1 Å². The van der Waals surface area contributed by atoms with E-state index in [2.05, 4.69) is 21.2 Å². The normalized spacial score (nSPS) is 10.7. The van der Waals surface area contributed by atoms with Crippen LogP contribution in [-0.4, -0.2) is 16.3 Å². The molecule has 0 aliphatic carbocycles. The third kappa shape index (κ3) is 4.29. The lowest BCUT2D eigenvalue weighted by Crippen LogP contribution is -2.18. The molecular weight excluding hydrogens is 332 g/mol. The SMILES string of the molecule is CC(C)C(=O)c1ccn(CC(=O)Nc2cccc(Br)c2)c1. The van der Waals surface area contributed by atoms with Gasteiger partial charge in [0.25, 0.3) is 0 Å². The molecular formula is C16H17BrN2O2. The third-order valence-electron chi connectivity index (χ3n) is 2.99. The smallest absolute Gasteiger partial charge is 0.244 e. The van der Waals surface area contributed by atoms with Crippen molar-refractivity contribution in [1.29, 1.82) is 0 Å². The summed E-state index contributed by atoms with van der Waals surface area (Å²) in [6.45, 7) is 3.90. The number of ketones is 1. The first-order chi connectivity index (χ1) is 9.95. The molecule has 0 radical (unpaired) electrons. The summed E-state index contributed by atoms with van der Waals surface area (Å²) in [6.07, 6.45) is 3.46. The lowest BCUT2D eigenvalue weighted by atomic mass is 10.0. The van der Waals surface area contributed by atoms with E-state index in [4.69, 9.17) is 0 Å². The van der Waals surface area contributed by atoms with Crippen molar-refractivity contribution in [3.8, 4) is 0 Å². The van der Waals surface area contributed by atoms with Crippen LogP contribution in [0, 0.1) is 5.92 Å². The van der Waals surface area contributed by atoms with Crippen molar-refractivity contribution in [2.75, 3.05) is 5.32 Å².